The van der Waals surface area contributed by atoms with E-state index < -0.39 is 0 Å². The number of ether oxygens (including phenoxy) is 2. The summed E-state index contributed by atoms with van der Waals surface area (Å²) in [6.07, 6.45) is 0. The lowest BCUT2D eigenvalue weighted by Gasteiger charge is -2.33. The van der Waals surface area contributed by atoms with Crippen LogP contribution in [0.25, 0.3) is 0 Å². The first-order valence-electron chi connectivity index (χ1n) is 6.43. The maximum Gasteiger partial charge on any atom is 0.127 e. The first-order chi connectivity index (χ1) is 8.76. The van der Waals surface area contributed by atoms with Gasteiger partial charge in [0.2, 0.25) is 0 Å². The van der Waals surface area contributed by atoms with E-state index in [0.717, 1.165) is 37.7 Å². The molecule has 1 aromatic carbocycles. The van der Waals surface area contributed by atoms with Gasteiger partial charge in [0.1, 0.15) is 11.5 Å². The van der Waals surface area contributed by atoms with Gasteiger partial charge >= 0.3 is 0 Å². The van der Waals surface area contributed by atoms with E-state index in [1.165, 1.54) is 5.56 Å². The minimum Gasteiger partial charge on any atom is -0.497 e. The molecule has 1 N–H and O–H groups in total. The van der Waals surface area contributed by atoms with E-state index in [1.54, 1.807) is 14.2 Å². The molecule has 1 aliphatic rings. The molecule has 1 aliphatic heterocycles. The maximum atomic E-state index is 5.48. The zero-order chi connectivity index (χ0) is 13.0. The van der Waals surface area contributed by atoms with Crippen LogP contribution in [0.3, 0.4) is 0 Å². The number of hydrogen-bond donors (Lipinski definition) is 1. The van der Waals surface area contributed by atoms with Crippen LogP contribution in [0.15, 0.2) is 18.2 Å². The Morgan fingerprint density at radius 1 is 1.10 bits per heavy atom. The van der Waals surface area contributed by atoms with Crippen LogP contribution >= 0.6 is 24.8 Å². The van der Waals surface area contributed by atoms with E-state index in [1.807, 2.05) is 12.1 Å². The molecule has 0 unspecified atom stereocenters. The van der Waals surface area contributed by atoms with Gasteiger partial charge in [-0.25, -0.2) is 0 Å². The van der Waals surface area contributed by atoms with E-state index in [0.29, 0.717) is 6.04 Å². The van der Waals surface area contributed by atoms with Crippen molar-refractivity contribution < 1.29 is 9.47 Å². The summed E-state index contributed by atoms with van der Waals surface area (Å²) in [6.45, 7) is 6.51. The highest BCUT2D eigenvalue weighted by Crippen LogP contribution is 2.32. The number of rotatable bonds is 4. The first-order valence-corrected chi connectivity index (χ1v) is 6.43. The Morgan fingerprint density at radius 3 is 2.30 bits per heavy atom. The number of piperazine rings is 1. The number of halogens is 2. The Hall–Kier alpha value is -0.680. The number of methoxy groups -OCH3 is 2. The normalized spacial score (nSPS) is 16.6. The molecule has 0 aromatic heterocycles. The minimum atomic E-state index is 0. The molecule has 116 valence electrons. The van der Waals surface area contributed by atoms with Gasteiger partial charge in [0.15, 0.2) is 0 Å². The van der Waals surface area contributed by atoms with Gasteiger partial charge in [-0.1, -0.05) is 6.07 Å². The van der Waals surface area contributed by atoms with E-state index in [4.69, 9.17) is 9.47 Å². The highest BCUT2D eigenvalue weighted by Gasteiger charge is 2.20. The standard InChI is InChI=1S/C14H22N2O2.2ClH/c1-11(16-8-6-15-7-9-16)13-5-4-12(17-2)10-14(13)18-3;;/h4-5,10-11,15H,6-9H2,1-3H3;2*1H/t11-;;/m0../s1. The molecule has 1 atom stereocenters. The molecule has 1 aromatic rings. The van der Waals surface area contributed by atoms with E-state index >= 15 is 0 Å². The molecule has 2 rings (SSSR count). The summed E-state index contributed by atoms with van der Waals surface area (Å²) in [5.74, 6) is 1.74. The number of nitrogens with one attached hydrogen (secondary N) is 1. The first kappa shape index (κ1) is 19.3. The molecule has 0 radical (unpaired) electrons. The Balaban J connectivity index is 0.00000180. The predicted molar refractivity (Wildman–Crippen MR) is 86.9 cm³/mol. The highest BCUT2D eigenvalue weighted by atomic mass is 35.5. The summed E-state index contributed by atoms with van der Waals surface area (Å²) >= 11 is 0. The molecule has 0 aliphatic carbocycles. The quantitative estimate of drug-likeness (QED) is 0.923. The molecule has 0 spiro atoms. The third-order valence-electron chi connectivity index (χ3n) is 3.59. The smallest absolute Gasteiger partial charge is 0.127 e. The van der Waals surface area contributed by atoms with Crippen molar-refractivity contribution >= 4 is 24.8 Å². The molecular weight excluding hydrogens is 299 g/mol. The Morgan fingerprint density at radius 2 is 1.75 bits per heavy atom. The summed E-state index contributed by atoms with van der Waals surface area (Å²) in [5, 5.41) is 3.37. The zero-order valence-electron chi connectivity index (χ0n) is 12.2. The van der Waals surface area contributed by atoms with Crippen LogP contribution in [0.5, 0.6) is 11.5 Å². The molecule has 6 heteroatoms. The van der Waals surface area contributed by atoms with Crippen LogP contribution in [0.1, 0.15) is 18.5 Å². The average Bonchev–Trinajstić information content (AvgIpc) is 2.46. The van der Waals surface area contributed by atoms with Crippen molar-refractivity contribution in [1.82, 2.24) is 10.2 Å². The number of nitrogens with zero attached hydrogens (tertiary/aromatic N) is 1. The largest absolute Gasteiger partial charge is 0.497 e. The van der Waals surface area contributed by atoms with Gasteiger partial charge in [0, 0.05) is 43.9 Å². The van der Waals surface area contributed by atoms with Gasteiger partial charge in [-0.05, 0) is 13.0 Å². The fourth-order valence-corrected chi connectivity index (χ4v) is 2.43. The lowest BCUT2D eigenvalue weighted by atomic mass is 10.0. The van der Waals surface area contributed by atoms with Gasteiger partial charge < -0.3 is 14.8 Å². The van der Waals surface area contributed by atoms with E-state index in [2.05, 4.69) is 23.2 Å². The molecule has 0 saturated carbocycles. The summed E-state index contributed by atoms with van der Waals surface area (Å²) in [4.78, 5) is 2.47. The van der Waals surface area contributed by atoms with Crippen LogP contribution in [0.2, 0.25) is 0 Å². The second kappa shape index (κ2) is 9.29. The van der Waals surface area contributed by atoms with Gasteiger partial charge in [-0.3, -0.25) is 4.90 Å². The van der Waals surface area contributed by atoms with Crippen LogP contribution < -0.4 is 14.8 Å². The molecule has 1 fully saturated rings. The van der Waals surface area contributed by atoms with Crippen molar-refractivity contribution in [2.24, 2.45) is 0 Å². The molecular formula is C14H24Cl2N2O2. The highest BCUT2D eigenvalue weighted by molar-refractivity contribution is 5.85. The third kappa shape index (κ3) is 4.42. The van der Waals surface area contributed by atoms with Crippen LogP contribution in [0.4, 0.5) is 0 Å². The van der Waals surface area contributed by atoms with Crippen molar-refractivity contribution in [2.45, 2.75) is 13.0 Å². The van der Waals surface area contributed by atoms with Crippen LogP contribution in [-0.4, -0.2) is 45.3 Å². The Kier molecular flexibility index (Phi) is 8.98. The van der Waals surface area contributed by atoms with Crippen LogP contribution in [-0.2, 0) is 0 Å². The van der Waals surface area contributed by atoms with Crippen molar-refractivity contribution in [3.8, 4) is 11.5 Å². The van der Waals surface area contributed by atoms with Crippen molar-refractivity contribution in [2.75, 3.05) is 40.4 Å². The van der Waals surface area contributed by atoms with Gasteiger partial charge in [-0.2, -0.15) is 0 Å². The molecule has 1 heterocycles. The van der Waals surface area contributed by atoms with Crippen molar-refractivity contribution in [3.05, 3.63) is 23.8 Å². The molecule has 0 amide bonds. The average molecular weight is 323 g/mol. The van der Waals surface area contributed by atoms with E-state index in [9.17, 15) is 0 Å². The number of hydrogen-bond acceptors (Lipinski definition) is 4. The molecule has 0 bridgehead atoms. The maximum absolute atomic E-state index is 5.48. The van der Waals surface area contributed by atoms with E-state index in [-0.39, 0.29) is 24.8 Å². The van der Waals surface area contributed by atoms with Gasteiger partial charge in [0.05, 0.1) is 14.2 Å². The minimum absolute atomic E-state index is 0. The zero-order valence-corrected chi connectivity index (χ0v) is 13.9. The summed E-state index contributed by atoms with van der Waals surface area (Å²) in [6, 6.07) is 6.42. The Bertz CT molecular complexity index is 399. The fourth-order valence-electron chi connectivity index (χ4n) is 2.43. The Labute approximate surface area is 133 Å². The molecule has 20 heavy (non-hydrogen) atoms. The molecule has 1 saturated heterocycles. The van der Waals surface area contributed by atoms with Gasteiger partial charge in [0.25, 0.3) is 0 Å². The van der Waals surface area contributed by atoms with Crippen molar-refractivity contribution in [1.29, 1.82) is 0 Å². The second-order valence-corrected chi connectivity index (χ2v) is 4.57. The predicted octanol–water partition coefficient (Wildman–Crippen LogP) is 2.51. The fraction of sp³-hybridized carbons (Fsp3) is 0.571. The summed E-state index contributed by atoms with van der Waals surface area (Å²) in [7, 11) is 3.39. The monoisotopic (exact) mass is 322 g/mol. The summed E-state index contributed by atoms with van der Waals surface area (Å²) < 4.78 is 10.7. The third-order valence-corrected chi connectivity index (χ3v) is 3.59. The van der Waals surface area contributed by atoms with Crippen LogP contribution in [0, 0.1) is 0 Å². The molecule has 4 nitrogen and oxygen atoms in total. The van der Waals surface area contributed by atoms with Crippen molar-refractivity contribution in [3.63, 3.8) is 0 Å². The lowest BCUT2D eigenvalue weighted by molar-refractivity contribution is 0.182. The lowest BCUT2D eigenvalue weighted by Crippen LogP contribution is -2.44. The SMILES string of the molecule is COc1ccc([C@H](C)N2CCNCC2)c(OC)c1.Cl.Cl. The van der Waals surface area contributed by atoms with Gasteiger partial charge in [-0.15, -0.1) is 24.8 Å². The summed E-state index contributed by atoms with van der Waals surface area (Å²) in [5.41, 5.74) is 1.22. The number of benzene rings is 1. The second-order valence-electron chi connectivity index (χ2n) is 4.57. The topological polar surface area (TPSA) is 33.7 Å².